The van der Waals surface area contributed by atoms with Gasteiger partial charge in [-0.25, -0.2) is 0 Å². The lowest BCUT2D eigenvalue weighted by atomic mass is 9.95. The predicted molar refractivity (Wildman–Crippen MR) is 113 cm³/mol. The van der Waals surface area contributed by atoms with E-state index < -0.39 is 17.7 Å². The molecule has 1 amide bonds. The minimum absolute atomic E-state index is 0.0902. The Morgan fingerprint density at radius 2 is 1.72 bits per heavy atom. The topological polar surface area (TPSA) is 70.5 Å². The van der Waals surface area contributed by atoms with Crippen molar-refractivity contribution >= 4 is 33.4 Å². The van der Waals surface area contributed by atoms with E-state index in [0.29, 0.717) is 5.56 Å². The predicted octanol–water partition coefficient (Wildman–Crippen LogP) is 4.47. The van der Waals surface area contributed by atoms with Crippen molar-refractivity contribution in [3.05, 3.63) is 106 Å². The lowest BCUT2D eigenvalue weighted by Crippen LogP contribution is -2.29. The molecule has 0 radical (unpaired) electrons. The fourth-order valence-corrected chi connectivity index (χ4v) is 3.74. The normalized spacial score (nSPS) is 18.2. The number of nitrogens with zero attached hydrogens (tertiary/aromatic N) is 2. The van der Waals surface area contributed by atoms with Gasteiger partial charge in [-0.05, 0) is 29.3 Å². The smallest absolute Gasteiger partial charge is 0.295 e. The van der Waals surface area contributed by atoms with Crippen LogP contribution in [-0.4, -0.2) is 26.7 Å². The fraction of sp³-hybridized carbons (Fsp3) is 0.0870. The number of Topliss-reactive ketones (excluding diaryl/α,β-unsaturated/α-hetero) is 1. The summed E-state index contributed by atoms with van der Waals surface area (Å²) in [5, 5.41) is 10.9. The van der Waals surface area contributed by atoms with Crippen LogP contribution >= 0.6 is 15.9 Å². The molecule has 1 N–H and O–H groups in total. The van der Waals surface area contributed by atoms with Crippen LogP contribution in [0, 0.1) is 0 Å². The van der Waals surface area contributed by atoms with Gasteiger partial charge in [0.15, 0.2) is 0 Å². The Kier molecular flexibility index (Phi) is 5.27. The first-order valence-corrected chi connectivity index (χ1v) is 9.84. The van der Waals surface area contributed by atoms with Crippen molar-refractivity contribution in [2.75, 3.05) is 0 Å². The van der Waals surface area contributed by atoms with Gasteiger partial charge >= 0.3 is 0 Å². The van der Waals surface area contributed by atoms with Crippen molar-refractivity contribution in [1.82, 2.24) is 9.88 Å². The average molecular weight is 449 g/mol. The molecule has 6 heteroatoms. The van der Waals surface area contributed by atoms with Crippen LogP contribution in [0.2, 0.25) is 0 Å². The number of rotatable bonds is 4. The maximum absolute atomic E-state index is 12.9. The molecule has 1 aliphatic heterocycles. The SMILES string of the molecule is O=C1C(=O)N(Cc2cccnc2)[C@H](c2ccc(Br)cc2)C1=C(O)c1ccccc1. The zero-order valence-electron chi connectivity index (χ0n) is 15.3. The van der Waals surface area contributed by atoms with Gasteiger partial charge in [0.25, 0.3) is 11.7 Å². The highest BCUT2D eigenvalue weighted by molar-refractivity contribution is 9.10. The number of aliphatic hydroxyl groups excluding tert-OH is 1. The van der Waals surface area contributed by atoms with Crippen LogP contribution in [0.1, 0.15) is 22.7 Å². The van der Waals surface area contributed by atoms with Crippen molar-refractivity contribution in [3.63, 3.8) is 0 Å². The molecule has 0 aliphatic carbocycles. The maximum atomic E-state index is 12.9. The van der Waals surface area contributed by atoms with Crippen LogP contribution in [0.4, 0.5) is 0 Å². The number of aliphatic hydroxyl groups is 1. The molecule has 2 aromatic carbocycles. The number of hydrogen-bond acceptors (Lipinski definition) is 4. The Balaban J connectivity index is 1.86. The highest BCUT2D eigenvalue weighted by atomic mass is 79.9. The number of hydrogen-bond donors (Lipinski definition) is 1. The molecule has 5 nitrogen and oxygen atoms in total. The Labute approximate surface area is 176 Å². The van der Waals surface area contributed by atoms with Gasteiger partial charge in [-0.15, -0.1) is 0 Å². The molecule has 1 atom stereocenters. The van der Waals surface area contributed by atoms with Gasteiger partial charge in [-0.3, -0.25) is 14.6 Å². The van der Waals surface area contributed by atoms with Gasteiger partial charge in [-0.1, -0.05) is 64.5 Å². The monoisotopic (exact) mass is 448 g/mol. The number of amides is 1. The Morgan fingerprint density at radius 3 is 2.38 bits per heavy atom. The van der Waals surface area contributed by atoms with Crippen molar-refractivity contribution in [3.8, 4) is 0 Å². The van der Waals surface area contributed by atoms with Crippen molar-refractivity contribution < 1.29 is 14.7 Å². The molecule has 0 bridgehead atoms. The van der Waals surface area contributed by atoms with Gasteiger partial charge in [-0.2, -0.15) is 0 Å². The fourth-order valence-electron chi connectivity index (χ4n) is 3.47. The second-order valence-corrected chi connectivity index (χ2v) is 7.62. The van der Waals surface area contributed by atoms with Crippen LogP contribution in [-0.2, 0) is 16.1 Å². The summed E-state index contributed by atoms with van der Waals surface area (Å²) in [5.74, 6) is -1.51. The summed E-state index contributed by atoms with van der Waals surface area (Å²) in [6.45, 7) is 0.213. The van der Waals surface area contributed by atoms with Crippen molar-refractivity contribution in [1.29, 1.82) is 0 Å². The van der Waals surface area contributed by atoms with Crippen LogP contribution in [0.25, 0.3) is 5.76 Å². The van der Waals surface area contributed by atoms with E-state index in [9.17, 15) is 14.7 Å². The number of benzene rings is 2. The second kappa shape index (κ2) is 8.01. The molecule has 0 saturated carbocycles. The van der Waals surface area contributed by atoms with Crippen LogP contribution in [0.5, 0.6) is 0 Å². The number of carbonyl (C=O) groups is 2. The summed E-state index contributed by atoms with van der Waals surface area (Å²) in [6, 6.07) is 19.1. The van der Waals surface area contributed by atoms with E-state index in [2.05, 4.69) is 20.9 Å². The number of halogens is 1. The molecule has 3 aromatic rings. The van der Waals surface area contributed by atoms with Crippen LogP contribution < -0.4 is 0 Å². The van der Waals surface area contributed by atoms with E-state index in [1.807, 2.05) is 36.4 Å². The molecule has 1 saturated heterocycles. The lowest BCUT2D eigenvalue weighted by Gasteiger charge is -2.25. The molecule has 2 heterocycles. The molecule has 4 rings (SSSR count). The zero-order valence-corrected chi connectivity index (χ0v) is 16.9. The Hall–Kier alpha value is -3.25. The van der Waals surface area contributed by atoms with Crippen molar-refractivity contribution in [2.45, 2.75) is 12.6 Å². The summed E-state index contributed by atoms with van der Waals surface area (Å²) < 4.78 is 0.883. The first-order chi connectivity index (χ1) is 14.1. The van der Waals surface area contributed by atoms with Gasteiger partial charge in [0.1, 0.15) is 5.76 Å². The standard InChI is InChI=1S/C23H17BrN2O3/c24-18-10-8-16(9-11-18)20-19(21(27)17-6-2-1-3-7-17)22(28)23(29)26(20)14-15-5-4-12-25-13-15/h1-13,20,27H,14H2/t20-/m1/s1. The summed E-state index contributed by atoms with van der Waals surface area (Å²) in [6.07, 6.45) is 3.31. The molecular weight excluding hydrogens is 432 g/mol. The average Bonchev–Trinajstić information content (AvgIpc) is 3.00. The molecule has 29 heavy (non-hydrogen) atoms. The van der Waals surface area contributed by atoms with Gasteiger partial charge < -0.3 is 10.0 Å². The molecule has 1 aliphatic rings. The summed E-state index contributed by atoms with van der Waals surface area (Å²) >= 11 is 3.41. The summed E-state index contributed by atoms with van der Waals surface area (Å²) in [5.41, 5.74) is 2.13. The molecule has 0 spiro atoms. The third kappa shape index (κ3) is 3.71. The summed E-state index contributed by atoms with van der Waals surface area (Å²) in [7, 11) is 0. The van der Waals surface area contributed by atoms with Crippen LogP contribution in [0.3, 0.4) is 0 Å². The molecule has 1 aromatic heterocycles. The minimum Gasteiger partial charge on any atom is -0.507 e. The number of aromatic nitrogens is 1. The van der Waals surface area contributed by atoms with E-state index in [1.54, 1.807) is 42.7 Å². The van der Waals surface area contributed by atoms with Crippen LogP contribution in [0.15, 0.2) is 89.2 Å². The molecule has 1 fully saturated rings. The Morgan fingerprint density at radius 1 is 1.00 bits per heavy atom. The third-order valence-corrected chi connectivity index (χ3v) is 5.38. The molecule has 0 unspecified atom stereocenters. The first-order valence-electron chi connectivity index (χ1n) is 9.04. The van der Waals surface area contributed by atoms with E-state index in [1.165, 1.54) is 4.90 Å². The number of ketones is 1. The number of carbonyl (C=O) groups excluding carboxylic acids is 2. The second-order valence-electron chi connectivity index (χ2n) is 6.71. The highest BCUT2D eigenvalue weighted by Gasteiger charge is 2.46. The highest BCUT2D eigenvalue weighted by Crippen LogP contribution is 2.40. The van der Waals surface area contributed by atoms with Crippen molar-refractivity contribution in [2.24, 2.45) is 0 Å². The molecule has 144 valence electrons. The van der Waals surface area contributed by atoms with E-state index in [-0.39, 0.29) is 17.9 Å². The van der Waals surface area contributed by atoms with E-state index >= 15 is 0 Å². The lowest BCUT2D eigenvalue weighted by molar-refractivity contribution is -0.140. The first kappa shape index (κ1) is 19.1. The number of pyridine rings is 1. The van der Waals surface area contributed by atoms with E-state index in [0.717, 1.165) is 15.6 Å². The molecular formula is C23H17BrN2O3. The van der Waals surface area contributed by atoms with Gasteiger partial charge in [0.05, 0.1) is 11.6 Å². The van der Waals surface area contributed by atoms with Gasteiger partial charge in [0, 0.05) is 29.0 Å². The van der Waals surface area contributed by atoms with Gasteiger partial charge in [0.2, 0.25) is 0 Å². The quantitative estimate of drug-likeness (QED) is 0.363. The zero-order chi connectivity index (χ0) is 20.4. The third-order valence-electron chi connectivity index (χ3n) is 4.85. The maximum Gasteiger partial charge on any atom is 0.295 e. The minimum atomic E-state index is -0.692. The number of likely N-dealkylation sites (tertiary alicyclic amines) is 1. The largest absolute Gasteiger partial charge is 0.507 e. The Bertz CT molecular complexity index is 1080. The summed E-state index contributed by atoms with van der Waals surface area (Å²) in [4.78, 5) is 31.4. The van der Waals surface area contributed by atoms with E-state index in [4.69, 9.17) is 0 Å².